The van der Waals surface area contributed by atoms with Crippen LogP contribution < -0.4 is 5.32 Å². The van der Waals surface area contributed by atoms with Gasteiger partial charge in [0.25, 0.3) is 0 Å². The van der Waals surface area contributed by atoms with Crippen LogP contribution in [0, 0.1) is 11.8 Å². The first-order valence-electron chi connectivity index (χ1n) is 8.91. The molecule has 4 nitrogen and oxygen atoms in total. The Morgan fingerprint density at radius 3 is 2.50 bits per heavy atom. The molecule has 1 N–H and O–H groups in total. The van der Waals surface area contributed by atoms with Crippen LogP contribution in [0.15, 0.2) is 24.3 Å². The maximum Gasteiger partial charge on any atom is 0.228 e. The van der Waals surface area contributed by atoms with Gasteiger partial charge in [-0.05, 0) is 29.9 Å². The summed E-state index contributed by atoms with van der Waals surface area (Å²) in [7, 11) is 1.83. The molecule has 0 heterocycles. The van der Waals surface area contributed by atoms with Crippen molar-refractivity contribution in [3.8, 4) is 0 Å². The lowest BCUT2D eigenvalue weighted by atomic mass is 9.86. The topological polar surface area (TPSA) is 49.4 Å². The Kier molecular flexibility index (Phi) is 5.68. The highest BCUT2D eigenvalue weighted by molar-refractivity contribution is 6.00. The van der Waals surface area contributed by atoms with Gasteiger partial charge in [0.15, 0.2) is 0 Å². The van der Waals surface area contributed by atoms with Crippen LogP contribution in [-0.2, 0) is 15.0 Å². The number of carbonyl (C=O) groups excluding carboxylic acids is 2. The Hall–Kier alpha value is -1.84. The SMILES string of the molecule is CCCCN(C)C(=O)C1CC1C(=O)Nc1ccccc1C(C)(C)C. The van der Waals surface area contributed by atoms with Crippen LogP contribution >= 0.6 is 0 Å². The van der Waals surface area contributed by atoms with Gasteiger partial charge in [-0.15, -0.1) is 0 Å². The van der Waals surface area contributed by atoms with Gasteiger partial charge < -0.3 is 10.2 Å². The first kappa shape index (κ1) is 18.5. The van der Waals surface area contributed by atoms with Gasteiger partial charge >= 0.3 is 0 Å². The van der Waals surface area contributed by atoms with Gasteiger partial charge in [0.05, 0.1) is 11.8 Å². The van der Waals surface area contributed by atoms with E-state index in [1.165, 1.54) is 0 Å². The number of anilines is 1. The average Bonchev–Trinajstić information content (AvgIpc) is 3.32. The maximum absolute atomic E-state index is 12.5. The Morgan fingerprint density at radius 2 is 1.88 bits per heavy atom. The van der Waals surface area contributed by atoms with Crippen molar-refractivity contribution in [1.29, 1.82) is 0 Å². The number of rotatable bonds is 6. The second-order valence-electron chi connectivity index (χ2n) is 7.85. The number of para-hydroxylation sites is 1. The summed E-state index contributed by atoms with van der Waals surface area (Å²) in [5.41, 5.74) is 1.93. The summed E-state index contributed by atoms with van der Waals surface area (Å²) in [6.07, 6.45) is 2.74. The van der Waals surface area contributed by atoms with Crippen molar-refractivity contribution in [3.05, 3.63) is 29.8 Å². The molecule has 0 bridgehead atoms. The highest BCUT2D eigenvalue weighted by Crippen LogP contribution is 2.41. The number of amides is 2. The van der Waals surface area contributed by atoms with Crippen molar-refractivity contribution < 1.29 is 9.59 Å². The quantitative estimate of drug-likeness (QED) is 0.862. The minimum atomic E-state index is -0.186. The van der Waals surface area contributed by atoms with Crippen LogP contribution in [0.5, 0.6) is 0 Å². The van der Waals surface area contributed by atoms with E-state index in [9.17, 15) is 9.59 Å². The van der Waals surface area contributed by atoms with Crippen molar-refractivity contribution in [3.63, 3.8) is 0 Å². The van der Waals surface area contributed by atoms with Gasteiger partial charge in [0.1, 0.15) is 0 Å². The fourth-order valence-electron chi connectivity index (χ4n) is 3.02. The number of nitrogens with one attached hydrogen (secondary N) is 1. The van der Waals surface area contributed by atoms with E-state index in [0.29, 0.717) is 6.42 Å². The molecule has 0 saturated heterocycles. The Morgan fingerprint density at radius 1 is 1.21 bits per heavy atom. The number of benzene rings is 1. The maximum atomic E-state index is 12.5. The molecule has 1 saturated carbocycles. The van der Waals surface area contributed by atoms with Crippen LogP contribution in [0.1, 0.15) is 52.5 Å². The summed E-state index contributed by atoms with van der Waals surface area (Å²) < 4.78 is 0. The second-order valence-corrected chi connectivity index (χ2v) is 7.85. The van der Waals surface area contributed by atoms with Crippen LogP contribution in [0.25, 0.3) is 0 Å². The van der Waals surface area contributed by atoms with Crippen molar-refractivity contribution in [2.75, 3.05) is 18.9 Å². The molecule has 4 heteroatoms. The zero-order valence-corrected chi connectivity index (χ0v) is 15.6. The van der Waals surface area contributed by atoms with E-state index >= 15 is 0 Å². The summed E-state index contributed by atoms with van der Waals surface area (Å²) in [5.74, 6) is -0.259. The molecular weight excluding hydrogens is 300 g/mol. The molecule has 0 aromatic heterocycles. The number of carbonyl (C=O) groups is 2. The van der Waals surface area contributed by atoms with Crippen molar-refractivity contribution in [1.82, 2.24) is 4.90 Å². The molecule has 1 aromatic carbocycles. The van der Waals surface area contributed by atoms with E-state index in [4.69, 9.17) is 0 Å². The van der Waals surface area contributed by atoms with Crippen molar-refractivity contribution >= 4 is 17.5 Å². The van der Waals surface area contributed by atoms with Crippen LogP contribution in [0.4, 0.5) is 5.69 Å². The second kappa shape index (κ2) is 7.37. The van der Waals surface area contributed by atoms with Crippen molar-refractivity contribution in [2.24, 2.45) is 11.8 Å². The van der Waals surface area contributed by atoms with Gasteiger partial charge in [-0.2, -0.15) is 0 Å². The number of unbranched alkanes of at least 4 members (excludes halogenated alkanes) is 1. The largest absolute Gasteiger partial charge is 0.346 e. The van der Waals surface area contributed by atoms with Crippen LogP contribution in [0.3, 0.4) is 0 Å². The highest BCUT2D eigenvalue weighted by atomic mass is 16.2. The number of nitrogens with zero attached hydrogens (tertiary/aromatic N) is 1. The molecule has 0 aliphatic heterocycles. The summed E-state index contributed by atoms with van der Waals surface area (Å²) in [6, 6.07) is 7.90. The smallest absolute Gasteiger partial charge is 0.228 e. The predicted octanol–water partition coefficient (Wildman–Crippen LogP) is 3.82. The molecule has 1 aliphatic rings. The molecule has 0 spiro atoms. The third-order valence-corrected chi connectivity index (χ3v) is 4.66. The minimum Gasteiger partial charge on any atom is -0.346 e. The number of hydrogen-bond donors (Lipinski definition) is 1. The molecule has 132 valence electrons. The molecule has 0 radical (unpaired) electrons. The summed E-state index contributed by atoms with van der Waals surface area (Å²) in [6.45, 7) is 9.27. The van der Waals surface area contributed by atoms with E-state index in [0.717, 1.165) is 30.6 Å². The monoisotopic (exact) mass is 330 g/mol. The molecule has 1 aromatic rings. The molecule has 2 amide bonds. The fraction of sp³-hybridized carbons (Fsp3) is 0.600. The Labute approximate surface area is 145 Å². The molecule has 2 rings (SSSR count). The van der Waals surface area contributed by atoms with E-state index in [1.54, 1.807) is 4.90 Å². The van der Waals surface area contributed by atoms with E-state index in [2.05, 4.69) is 33.0 Å². The number of hydrogen-bond acceptors (Lipinski definition) is 2. The lowest BCUT2D eigenvalue weighted by Crippen LogP contribution is -2.31. The molecule has 1 aliphatic carbocycles. The van der Waals surface area contributed by atoms with E-state index in [1.807, 2.05) is 31.3 Å². The summed E-state index contributed by atoms with van der Waals surface area (Å²) in [5, 5.41) is 3.04. The summed E-state index contributed by atoms with van der Waals surface area (Å²) in [4.78, 5) is 26.6. The van der Waals surface area contributed by atoms with E-state index in [-0.39, 0.29) is 29.1 Å². The normalized spacial score (nSPS) is 19.7. The van der Waals surface area contributed by atoms with Gasteiger partial charge in [-0.25, -0.2) is 0 Å². The first-order valence-corrected chi connectivity index (χ1v) is 8.91. The lowest BCUT2D eigenvalue weighted by Gasteiger charge is -2.23. The van der Waals surface area contributed by atoms with Crippen LogP contribution in [-0.4, -0.2) is 30.3 Å². The molecule has 24 heavy (non-hydrogen) atoms. The van der Waals surface area contributed by atoms with Gasteiger partial charge in [0, 0.05) is 19.3 Å². The molecule has 2 unspecified atom stereocenters. The average molecular weight is 330 g/mol. The minimum absolute atomic E-state index is 0.0334. The van der Waals surface area contributed by atoms with Crippen molar-refractivity contribution in [2.45, 2.75) is 52.4 Å². The van der Waals surface area contributed by atoms with Gasteiger partial charge in [-0.3, -0.25) is 9.59 Å². The fourth-order valence-corrected chi connectivity index (χ4v) is 3.02. The third kappa shape index (κ3) is 4.37. The first-order chi connectivity index (χ1) is 11.3. The van der Waals surface area contributed by atoms with Gasteiger partial charge in [0.2, 0.25) is 11.8 Å². The standard InChI is InChI=1S/C20H30N2O2/c1-6-7-12-22(5)19(24)15-13-14(15)18(23)21-17-11-9-8-10-16(17)20(2,3)4/h8-11,14-15H,6-7,12-13H2,1-5H3,(H,21,23). The van der Waals surface area contributed by atoms with E-state index < -0.39 is 0 Å². The lowest BCUT2D eigenvalue weighted by molar-refractivity contribution is -0.132. The Balaban J connectivity index is 1.97. The molecule has 2 atom stereocenters. The third-order valence-electron chi connectivity index (χ3n) is 4.66. The predicted molar refractivity (Wildman–Crippen MR) is 97.9 cm³/mol. The zero-order valence-electron chi connectivity index (χ0n) is 15.6. The highest BCUT2D eigenvalue weighted by Gasteiger charge is 2.49. The summed E-state index contributed by atoms with van der Waals surface area (Å²) >= 11 is 0. The van der Waals surface area contributed by atoms with Gasteiger partial charge in [-0.1, -0.05) is 52.3 Å². The zero-order chi connectivity index (χ0) is 17.9. The van der Waals surface area contributed by atoms with Crippen LogP contribution in [0.2, 0.25) is 0 Å². The Bertz CT molecular complexity index is 604. The molecular formula is C20H30N2O2. The molecule has 1 fully saturated rings.